The Hall–Kier alpha value is -1.51. The number of benzene rings is 1. The number of nitrogens with zero attached hydrogens (tertiary/aromatic N) is 1. The van der Waals surface area contributed by atoms with E-state index in [0.717, 1.165) is 36.3 Å². The second-order valence-electron chi connectivity index (χ2n) is 6.01. The van der Waals surface area contributed by atoms with Gasteiger partial charge in [-0.1, -0.05) is 51.5 Å². The lowest BCUT2D eigenvalue weighted by Crippen LogP contribution is -2.28. The minimum absolute atomic E-state index is 0.257. The van der Waals surface area contributed by atoms with E-state index in [4.69, 9.17) is 5.73 Å². The first-order chi connectivity index (χ1) is 10.2. The Morgan fingerprint density at radius 1 is 1.14 bits per heavy atom. The van der Waals surface area contributed by atoms with Crippen LogP contribution in [0.15, 0.2) is 18.2 Å². The first-order valence-electron chi connectivity index (χ1n) is 8.41. The highest BCUT2D eigenvalue weighted by Crippen LogP contribution is 2.32. The summed E-state index contributed by atoms with van der Waals surface area (Å²) in [7, 11) is 0. The van der Waals surface area contributed by atoms with E-state index in [1.165, 1.54) is 38.5 Å². The van der Waals surface area contributed by atoms with Crippen molar-refractivity contribution in [3.63, 3.8) is 0 Å². The van der Waals surface area contributed by atoms with E-state index in [1.807, 2.05) is 23.1 Å². The van der Waals surface area contributed by atoms with Gasteiger partial charge >= 0.3 is 0 Å². The quantitative estimate of drug-likeness (QED) is 0.572. The van der Waals surface area contributed by atoms with Gasteiger partial charge in [0.1, 0.15) is 0 Å². The molecule has 0 atom stereocenters. The third kappa shape index (κ3) is 4.23. The molecule has 2 rings (SSSR count). The molecule has 0 bridgehead atoms. The summed E-state index contributed by atoms with van der Waals surface area (Å²) in [6.45, 7) is 3.03. The molecule has 2 N–H and O–H groups in total. The maximum absolute atomic E-state index is 12.3. The van der Waals surface area contributed by atoms with Gasteiger partial charge in [-0.25, -0.2) is 0 Å². The summed E-state index contributed by atoms with van der Waals surface area (Å²) >= 11 is 0. The smallest absolute Gasteiger partial charge is 0.226 e. The number of rotatable bonds is 8. The second kappa shape index (κ2) is 8.06. The Morgan fingerprint density at radius 3 is 2.62 bits per heavy atom. The fraction of sp³-hybridized carbons (Fsp3) is 0.611. The maximum atomic E-state index is 12.3. The number of hydrogen-bond donors (Lipinski definition) is 1. The molecule has 3 heteroatoms. The van der Waals surface area contributed by atoms with Gasteiger partial charge in [0.2, 0.25) is 5.91 Å². The Bertz CT molecular complexity index is 470. The summed E-state index contributed by atoms with van der Waals surface area (Å²) in [5.74, 6) is 0.257. The number of carbonyl (C=O) groups is 1. The van der Waals surface area contributed by atoms with Crippen LogP contribution >= 0.6 is 0 Å². The summed E-state index contributed by atoms with van der Waals surface area (Å²) in [5.41, 5.74) is 8.97. The molecular weight excluding hydrogens is 260 g/mol. The maximum Gasteiger partial charge on any atom is 0.226 e. The molecule has 1 aromatic carbocycles. The summed E-state index contributed by atoms with van der Waals surface area (Å²) in [6.07, 6.45) is 10.3. The summed E-state index contributed by atoms with van der Waals surface area (Å²) < 4.78 is 0. The van der Waals surface area contributed by atoms with Crippen molar-refractivity contribution in [3.05, 3.63) is 23.8 Å². The number of nitrogen functional groups attached to an aromatic ring is 1. The second-order valence-corrected chi connectivity index (χ2v) is 6.01. The highest BCUT2D eigenvalue weighted by atomic mass is 16.2. The standard InChI is InChI=1S/C18H28N2O/c1-2-3-4-5-6-7-8-12-18(21)20-14-13-15-16(19)10-9-11-17(15)20/h9-11H,2-8,12-14,19H2,1H3. The molecule has 3 nitrogen and oxygen atoms in total. The van der Waals surface area contributed by atoms with E-state index in [1.54, 1.807) is 0 Å². The van der Waals surface area contributed by atoms with Crippen molar-refractivity contribution in [2.75, 3.05) is 17.2 Å². The monoisotopic (exact) mass is 288 g/mol. The molecule has 116 valence electrons. The summed E-state index contributed by atoms with van der Waals surface area (Å²) in [4.78, 5) is 14.3. The number of carbonyl (C=O) groups excluding carboxylic acids is 1. The van der Waals surface area contributed by atoms with Crippen molar-refractivity contribution in [3.8, 4) is 0 Å². The van der Waals surface area contributed by atoms with Gasteiger partial charge in [0.05, 0.1) is 0 Å². The average Bonchev–Trinajstić information content (AvgIpc) is 2.91. The van der Waals surface area contributed by atoms with E-state index in [9.17, 15) is 4.79 Å². The van der Waals surface area contributed by atoms with Gasteiger partial charge in [0.15, 0.2) is 0 Å². The van der Waals surface area contributed by atoms with Gasteiger partial charge in [-0.05, 0) is 25.0 Å². The van der Waals surface area contributed by atoms with Crippen LogP contribution in [0.2, 0.25) is 0 Å². The van der Waals surface area contributed by atoms with E-state index in [2.05, 4.69) is 6.92 Å². The third-order valence-electron chi connectivity index (χ3n) is 4.36. The molecule has 1 aliphatic rings. The van der Waals surface area contributed by atoms with Crippen LogP contribution in [-0.4, -0.2) is 12.5 Å². The van der Waals surface area contributed by atoms with Gasteiger partial charge in [-0.2, -0.15) is 0 Å². The minimum Gasteiger partial charge on any atom is -0.398 e. The Morgan fingerprint density at radius 2 is 1.86 bits per heavy atom. The molecule has 0 spiro atoms. The fourth-order valence-electron chi connectivity index (χ4n) is 3.09. The van der Waals surface area contributed by atoms with Crippen LogP contribution in [0.25, 0.3) is 0 Å². The summed E-state index contributed by atoms with van der Waals surface area (Å²) in [6, 6.07) is 5.87. The minimum atomic E-state index is 0.257. The molecule has 0 fully saturated rings. The van der Waals surface area contributed by atoms with Crippen molar-refractivity contribution in [2.45, 2.75) is 64.7 Å². The third-order valence-corrected chi connectivity index (χ3v) is 4.36. The normalized spacial score (nSPS) is 13.5. The zero-order valence-electron chi connectivity index (χ0n) is 13.2. The highest BCUT2D eigenvalue weighted by molar-refractivity contribution is 5.96. The Kier molecular flexibility index (Phi) is 6.09. The molecule has 0 unspecified atom stereocenters. The largest absolute Gasteiger partial charge is 0.398 e. The lowest BCUT2D eigenvalue weighted by Gasteiger charge is -2.17. The predicted molar refractivity (Wildman–Crippen MR) is 89.5 cm³/mol. The number of anilines is 2. The van der Waals surface area contributed by atoms with Crippen LogP contribution in [0.5, 0.6) is 0 Å². The van der Waals surface area contributed by atoms with Crippen LogP contribution in [0.4, 0.5) is 11.4 Å². The molecule has 0 aliphatic carbocycles. The van der Waals surface area contributed by atoms with Crippen LogP contribution in [0.3, 0.4) is 0 Å². The molecule has 1 heterocycles. The van der Waals surface area contributed by atoms with Gasteiger partial charge in [-0.15, -0.1) is 0 Å². The highest BCUT2D eigenvalue weighted by Gasteiger charge is 2.25. The van der Waals surface area contributed by atoms with E-state index >= 15 is 0 Å². The van der Waals surface area contributed by atoms with Crippen molar-refractivity contribution in [2.24, 2.45) is 0 Å². The zero-order valence-corrected chi connectivity index (χ0v) is 13.2. The molecule has 0 saturated carbocycles. The van der Waals surface area contributed by atoms with E-state index in [-0.39, 0.29) is 5.91 Å². The van der Waals surface area contributed by atoms with Crippen molar-refractivity contribution >= 4 is 17.3 Å². The Balaban J connectivity index is 1.72. The van der Waals surface area contributed by atoms with Gasteiger partial charge in [-0.3, -0.25) is 4.79 Å². The van der Waals surface area contributed by atoms with Crippen LogP contribution in [0.1, 0.15) is 63.9 Å². The van der Waals surface area contributed by atoms with Gasteiger partial charge < -0.3 is 10.6 Å². The Labute approximate surface area is 128 Å². The van der Waals surface area contributed by atoms with Crippen molar-refractivity contribution < 1.29 is 4.79 Å². The first-order valence-corrected chi connectivity index (χ1v) is 8.41. The lowest BCUT2D eigenvalue weighted by molar-refractivity contribution is -0.118. The molecule has 1 aliphatic heterocycles. The molecule has 0 saturated heterocycles. The number of hydrogen-bond acceptors (Lipinski definition) is 2. The average molecular weight is 288 g/mol. The van der Waals surface area contributed by atoms with Crippen LogP contribution < -0.4 is 10.6 Å². The van der Waals surface area contributed by atoms with Gasteiger partial charge in [0, 0.05) is 29.9 Å². The van der Waals surface area contributed by atoms with Crippen LogP contribution in [-0.2, 0) is 11.2 Å². The molecular formula is C18H28N2O. The molecule has 0 radical (unpaired) electrons. The SMILES string of the molecule is CCCCCCCCCC(=O)N1CCc2c(N)cccc21. The molecule has 1 aromatic rings. The topological polar surface area (TPSA) is 46.3 Å². The number of amides is 1. The van der Waals surface area contributed by atoms with Gasteiger partial charge in [0.25, 0.3) is 0 Å². The first kappa shape index (κ1) is 15.9. The van der Waals surface area contributed by atoms with Crippen molar-refractivity contribution in [1.29, 1.82) is 0 Å². The number of fused-ring (bicyclic) bond motifs is 1. The summed E-state index contributed by atoms with van der Waals surface area (Å²) in [5, 5.41) is 0. The fourth-order valence-corrected chi connectivity index (χ4v) is 3.09. The molecule has 0 aromatic heterocycles. The number of nitrogens with two attached hydrogens (primary N) is 1. The van der Waals surface area contributed by atoms with E-state index < -0.39 is 0 Å². The lowest BCUT2D eigenvalue weighted by atomic mass is 10.1. The molecule has 21 heavy (non-hydrogen) atoms. The zero-order chi connectivity index (χ0) is 15.1. The van der Waals surface area contributed by atoms with E-state index in [0.29, 0.717) is 6.42 Å². The van der Waals surface area contributed by atoms with Crippen molar-refractivity contribution in [1.82, 2.24) is 0 Å². The molecule has 1 amide bonds. The number of unbranched alkanes of at least 4 members (excludes halogenated alkanes) is 6. The van der Waals surface area contributed by atoms with Crippen LogP contribution in [0, 0.1) is 0 Å². The predicted octanol–water partition coefficient (Wildman–Crippen LogP) is 4.30.